The first kappa shape index (κ1) is 52.2. The summed E-state index contributed by atoms with van der Waals surface area (Å²) in [4.78, 5) is 91.0. The molecular weight excluding hydrogens is 947 g/mol. The summed E-state index contributed by atoms with van der Waals surface area (Å²) < 4.78 is 45.1. The number of amides is 3. The van der Waals surface area contributed by atoms with Crippen molar-refractivity contribution in [3.8, 4) is 0 Å². The molecule has 3 aliphatic heterocycles. The third-order valence-electron chi connectivity index (χ3n) is 9.78. The molecule has 0 unspecified atom stereocenters. The summed E-state index contributed by atoms with van der Waals surface area (Å²) in [5.41, 5.74) is 0.153. The van der Waals surface area contributed by atoms with Crippen LogP contribution in [0.4, 0.5) is 22.7 Å². The second-order valence-corrected chi connectivity index (χ2v) is 20.2. The van der Waals surface area contributed by atoms with E-state index in [0.29, 0.717) is 18.7 Å². The second kappa shape index (κ2) is 23.7. The van der Waals surface area contributed by atoms with Crippen molar-refractivity contribution in [2.75, 3.05) is 73.8 Å². The van der Waals surface area contributed by atoms with Gasteiger partial charge >= 0.3 is 5.97 Å². The lowest BCUT2D eigenvalue weighted by Gasteiger charge is -2.26. The Hall–Kier alpha value is -7.39. The molecule has 3 amide bonds. The van der Waals surface area contributed by atoms with E-state index < -0.39 is 45.3 Å². The van der Waals surface area contributed by atoms with Crippen molar-refractivity contribution in [3.63, 3.8) is 0 Å². The fraction of sp³-hybridized carbons (Fsp3) is 0.300. The van der Waals surface area contributed by atoms with Crippen LogP contribution >= 0.6 is 11.8 Å². The molecule has 1 N–H and O–H groups in total. The Balaban J connectivity index is 0.000000198. The van der Waals surface area contributed by atoms with Gasteiger partial charge in [0.05, 0.1) is 48.3 Å². The van der Waals surface area contributed by atoms with Crippen LogP contribution in [0.3, 0.4) is 0 Å². The van der Waals surface area contributed by atoms with Crippen LogP contribution in [-0.4, -0.2) is 154 Å². The van der Waals surface area contributed by atoms with Crippen LogP contribution in [0.15, 0.2) is 97.1 Å². The molecule has 356 valence electrons. The van der Waals surface area contributed by atoms with Crippen molar-refractivity contribution in [2.24, 2.45) is 0 Å². The molecule has 3 saturated heterocycles. The third-order valence-corrected chi connectivity index (χ3v) is 13.9. The van der Waals surface area contributed by atoms with Gasteiger partial charge in [-0.3, -0.25) is 54.8 Å². The highest BCUT2D eigenvalue weighted by molar-refractivity contribution is 7.99. The highest BCUT2D eigenvalue weighted by atomic mass is 32.2. The maximum Gasteiger partial charge on any atom is 0.335 e. The summed E-state index contributed by atoms with van der Waals surface area (Å²) in [6.45, 7) is 1.94. The molecule has 4 aromatic carbocycles. The average molecular weight is 988 g/mol. The fourth-order valence-corrected chi connectivity index (χ4v) is 9.46. The minimum absolute atomic E-state index is 0.0396. The van der Waals surface area contributed by atoms with E-state index in [-0.39, 0.29) is 106 Å². The van der Waals surface area contributed by atoms with Crippen molar-refractivity contribution in [1.82, 2.24) is 14.7 Å². The lowest BCUT2D eigenvalue weighted by molar-refractivity contribution is -0.385. The molecule has 0 atom stereocenters. The number of aromatic carboxylic acids is 1. The van der Waals surface area contributed by atoms with Gasteiger partial charge in [0.15, 0.2) is 19.7 Å². The molecule has 0 saturated carbocycles. The van der Waals surface area contributed by atoms with Crippen LogP contribution in [0.2, 0.25) is 0 Å². The Bertz CT molecular complexity index is 2600. The molecule has 0 aliphatic carbocycles. The molecular formula is C40H41N7O17S3. The number of hydrogen-bond acceptors (Lipinski definition) is 17. The number of rotatable bonds is 8. The number of nitro benzene ring substituents is 4. The van der Waals surface area contributed by atoms with Gasteiger partial charge in [0.2, 0.25) is 0 Å². The molecule has 4 aromatic rings. The minimum Gasteiger partial charge on any atom is -0.478 e. The van der Waals surface area contributed by atoms with Gasteiger partial charge in [-0.05, 0) is 24.3 Å². The predicted molar refractivity (Wildman–Crippen MR) is 242 cm³/mol. The van der Waals surface area contributed by atoms with Gasteiger partial charge in [0, 0.05) is 116 Å². The molecule has 24 nitrogen and oxygen atoms in total. The summed E-state index contributed by atoms with van der Waals surface area (Å²) in [5.74, 6) is -0.422. The van der Waals surface area contributed by atoms with Crippen LogP contribution < -0.4 is 0 Å². The SMILES string of the molecule is O=C(O)c1cccc([N+](=O)[O-])c1.O=C(c1cccc([N+](=O)[O-])c1)N1CCS(=O)(=O)CC1.O=C(c1cccc([N+](=O)[O-])c1)N1CCS(=O)(=O)CC1.O=C(c1cccc([N+](=O)[O-])c1)N1CCSCC1. The molecule has 27 heteroatoms. The first-order valence-electron chi connectivity index (χ1n) is 19.6. The maximum absolute atomic E-state index is 12.1. The van der Waals surface area contributed by atoms with Crippen molar-refractivity contribution < 1.29 is 60.8 Å². The Morgan fingerprint density at radius 1 is 0.448 bits per heavy atom. The zero-order valence-corrected chi connectivity index (χ0v) is 37.5. The van der Waals surface area contributed by atoms with Gasteiger partial charge in [-0.2, -0.15) is 11.8 Å². The quantitative estimate of drug-likeness (QED) is 0.192. The molecule has 7 rings (SSSR count). The molecule has 3 fully saturated rings. The fourth-order valence-electron chi connectivity index (χ4n) is 6.16. The van der Waals surface area contributed by atoms with Crippen molar-refractivity contribution in [2.45, 2.75) is 0 Å². The summed E-state index contributed by atoms with van der Waals surface area (Å²) in [6.07, 6.45) is 0. The molecule has 3 heterocycles. The topological polar surface area (TPSA) is 339 Å². The normalized spacial score (nSPS) is 15.9. The molecule has 3 aliphatic rings. The minimum atomic E-state index is -3.06. The van der Waals surface area contributed by atoms with Crippen LogP contribution in [0.1, 0.15) is 41.4 Å². The Labute approximate surface area is 385 Å². The number of thioether (sulfide) groups is 1. The predicted octanol–water partition coefficient (Wildman–Crippen LogP) is 4.01. The Kier molecular flexibility index (Phi) is 18.5. The van der Waals surface area contributed by atoms with Crippen LogP contribution in [0.25, 0.3) is 0 Å². The number of sulfone groups is 2. The molecule has 0 aromatic heterocycles. The molecule has 67 heavy (non-hydrogen) atoms. The first-order chi connectivity index (χ1) is 31.6. The number of hydrogen-bond donors (Lipinski definition) is 1. The largest absolute Gasteiger partial charge is 0.478 e. The smallest absolute Gasteiger partial charge is 0.335 e. The number of carbonyl (C=O) groups is 4. The van der Waals surface area contributed by atoms with Gasteiger partial charge < -0.3 is 19.8 Å². The van der Waals surface area contributed by atoms with E-state index in [0.717, 1.165) is 17.6 Å². The van der Waals surface area contributed by atoms with E-state index >= 15 is 0 Å². The van der Waals surface area contributed by atoms with E-state index in [9.17, 15) is 76.5 Å². The van der Waals surface area contributed by atoms with Gasteiger partial charge in [0.1, 0.15) is 0 Å². The number of carbonyl (C=O) groups excluding carboxylic acids is 3. The van der Waals surface area contributed by atoms with Crippen LogP contribution in [0, 0.1) is 40.5 Å². The van der Waals surface area contributed by atoms with Gasteiger partial charge in [-0.25, -0.2) is 21.6 Å². The van der Waals surface area contributed by atoms with E-state index in [1.165, 1.54) is 88.7 Å². The monoisotopic (exact) mass is 987 g/mol. The Morgan fingerprint density at radius 2 is 0.701 bits per heavy atom. The number of benzene rings is 4. The van der Waals surface area contributed by atoms with Gasteiger partial charge in [-0.1, -0.05) is 24.3 Å². The van der Waals surface area contributed by atoms with Crippen LogP contribution in [-0.2, 0) is 19.7 Å². The first-order valence-corrected chi connectivity index (χ1v) is 24.4. The van der Waals surface area contributed by atoms with E-state index in [4.69, 9.17) is 5.11 Å². The number of carboxylic acid groups (broad SMARTS) is 1. The number of nitrogens with zero attached hydrogens (tertiary/aromatic N) is 7. The third kappa shape index (κ3) is 15.9. The van der Waals surface area contributed by atoms with Crippen molar-refractivity contribution in [1.29, 1.82) is 0 Å². The second-order valence-electron chi connectivity index (χ2n) is 14.3. The van der Waals surface area contributed by atoms with E-state index in [1.54, 1.807) is 17.0 Å². The van der Waals surface area contributed by atoms with Crippen molar-refractivity contribution >= 4 is 77.9 Å². The van der Waals surface area contributed by atoms with Gasteiger partial charge in [0.25, 0.3) is 40.5 Å². The number of non-ortho nitro benzene ring substituents is 4. The van der Waals surface area contributed by atoms with E-state index in [2.05, 4.69) is 0 Å². The summed E-state index contributed by atoms with van der Waals surface area (Å²) in [7, 11) is -6.11. The zero-order chi connectivity index (χ0) is 49.5. The van der Waals surface area contributed by atoms with Crippen LogP contribution in [0.5, 0.6) is 0 Å². The highest BCUT2D eigenvalue weighted by Gasteiger charge is 2.28. The highest BCUT2D eigenvalue weighted by Crippen LogP contribution is 2.20. The molecule has 0 spiro atoms. The number of nitro groups is 4. The maximum atomic E-state index is 12.1. The molecule has 0 bridgehead atoms. The Morgan fingerprint density at radius 3 is 0.970 bits per heavy atom. The van der Waals surface area contributed by atoms with Gasteiger partial charge in [-0.15, -0.1) is 0 Å². The molecule has 0 radical (unpaired) electrons. The summed E-state index contributed by atoms with van der Waals surface area (Å²) in [6, 6.07) is 21.6. The average Bonchev–Trinajstić information content (AvgIpc) is 3.32. The standard InChI is InChI=1S/2C11H12N2O5S.C11H12N2O3S.C7H5NO4/c2*14-11(12-4-6-19(17,18)7-5-12)9-2-1-3-10(8-9)13(15)16;14-11(12-4-6-17-7-5-12)9-2-1-3-10(8-9)13(15)16;9-7(10)5-2-1-3-6(4-5)8(11)12/h2*1-3,8H,4-7H2;1-3,8H,4-7H2;1-4H,(H,9,10). The number of carboxylic acids is 1. The zero-order valence-electron chi connectivity index (χ0n) is 35.1. The lowest BCUT2D eigenvalue weighted by Crippen LogP contribution is -2.43. The lowest BCUT2D eigenvalue weighted by atomic mass is 10.1. The van der Waals surface area contributed by atoms with Crippen molar-refractivity contribution in [3.05, 3.63) is 160 Å². The summed E-state index contributed by atoms with van der Waals surface area (Å²) in [5, 5.41) is 50.6. The summed E-state index contributed by atoms with van der Waals surface area (Å²) >= 11 is 1.82. The van der Waals surface area contributed by atoms with E-state index in [1.807, 2.05) is 11.8 Å².